The second kappa shape index (κ2) is 4.14. The molecular weight excluding hydrogens is 134 g/mol. The van der Waals surface area contributed by atoms with Crippen LogP contribution in [0.2, 0.25) is 0 Å². The summed E-state index contributed by atoms with van der Waals surface area (Å²) in [7, 11) is 0. The van der Waals surface area contributed by atoms with Gasteiger partial charge in [0.1, 0.15) is 0 Å². The van der Waals surface area contributed by atoms with Gasteiger partial charge in [0.2, 0.25) is 0 Å². The summed E-state index contributed by atoms with van der Waals surface area (Å²) in [6.07, 6.45) is 3.81. The fourth-order valence-corrected chi connectivity index (χ4v) is 2.38. The van der Waals surface area contributed by atoms with E-state index in [-0.39, 0.29) is 0 Å². The molecule has 1 aliphatic heterocycles. The first-order chi connectivity index (χ1) is 4.43. The Morgan fingerprint density at radius 1 is 1.67 bits per heavy atom. The van der Waals surface area contributed by atoms with Crippen molar-refractivity contribution < 1.29 is 5.21 Å². The maximum Gasteiger partial charge on any atom is 0.0218 e. The molecule has 0 aliphatic carbocycles. The Morgan fingerprint density at radius 3 is 3.11 bits per heavy atom. The van der Waals surface area contributed by atoms with Crippen LogP contribution in [0.5, 0.6) is 0 Å². The van der Waals surface area contributed by atoms with Crippen molar-refractivity contribution in [3.8, 4) is 0 Å². The van der Waals surface area contributed by atoms with Gasteiger partial charge in [-0.2, -0.15) is 11.8 Å². The van der Waals surface area contributed by atoms with E-state index in [1.54, 1.807) is 0 Å². The Morgan fingerprint density at radius 2 is 2.56 bits per heavy atom. The lowest BCUT2D eigenvalue weighted by atomic mass is 10.2. The number of nitrogens with one attached hydrogen (secondary N) is 1. The van der Waals surface area contributed by atoms with Gasteiger partial charge in [-0.3, -0.25) is 0 Å². The fraction of sp³-hybridized carbons (Fsp3) is 1.00. The van der Waals surface area contributed by atoms with E-state index in [2.05, 4.69) is 5.48 Å². The average Bonchev–Trinajstić information content (AvgIpc) is 2.34. The first-order valence-corrected chi connectivity index (χ1v) is 4.47. The molecule has 0 aromatic heterocycles. The Balaban J connectivity index is 1.98. The highest BCUT2D eigenvalue weighted by molar-refractivity contribution is 8.00. The number of hydroxylamine groups is 1. The van der Waals surface area contributed by atoms with Gasteiger partial charge in [0.25, 0.3) is 0 Å². The van der Waals surface area contributed by atoms with E-state index in [1.165, 1.54) is 18.6 Å². The minimum atomic E-state index is 0.748. The Hall–Kier alpha value is 0.270. The molecule has 1 aliphatic rings. The van der Waals surface area contributed by atoms with E-state index in [4.69, 9.17) is 5.21 Å². The number of rotatable bonds is 3. The maximum absolute atomic E-state index is 8.27. The molecule has 0 bridgehead atoms. The smallest absolute Gasteiger partial charge is 0.0218 e. The van der Waals surface area contributed by atoms with Gasteiger partial charge in [0.05, 0.1) is 0 Å². The van der Waals surface area contributed by atoms with Gasteiger partial charge >= 0.3 is 0 Å². The van der Waals surface area contributed by atoms with Crippen LogP contribution < -0.4 is 5.48 Å². The van der Waals surface area contributed by atoms with E-state index >= 15 is 0 Å². The van der Waals surface area contributed by atoms with Crippen molar-refractivity contribution in [2.75, 3.05) is 12.3 Å². The lowest BCUT2D eigenvalue weighted by Crippen LogP contribution is -2.13. The van der Waals surface area contributed by atoms with Crippen molar-refractivity contribution >= 4 is 11.8 Å². The minimum absolute atomic E-state index is 0.748. The maximum atomic E-state index is 8.27. The van der Waals surface area contributed by atoms with Crippen molar-refractivity contribution in [2.24, 2.45) is 0 Å². The zero-order valence-electron chi connectivity index (χ0n) is 5.47. The van der Waals surface area contributed by atoms with Gasteiger partial charge in [-0.1, -0.05) is 0 Å². The summed E-state index contributed by atoms with van der Waals surface area (Å²) in [6.45, 7) is 0.748. The van der Waals surface area contributed by atoms with Crippen LogP contribution >= 0.6 is 11.8 Å². The standard InChI is InChI=1S/C6H13NOS/c8-7-4-3-6-2-1-5-9-6/h6-8H,1-5H2. The summed E-state index contributed by atoms with van der Waals surface area (Å²) in [6, 6.07) is 0. The van der Waals surface area contributed by atoms with E-state index in [1.807, 2.05) is 11.8 Å². The van der Waals surface area contributed by atoms with Crippen LogP contribution in [0.4, 0.5) is 0 Å². The predicted octanol–water partition coefficient (Wildman–Crippen LogP) is 1.25. The van der Waals surface area contributed by atoms with Gasteiger partial charge in [0.15, 0.2) is 0 Å². The quantitative estimate of drug-likeness (QED) is 0.589. The predicted molar refractivity (Wildman–Crippen MR) is 39.9 cm³/mol. The van der Waals surface area contributed by atoms with Crippen molar-refractivity contribution in [1.82, 2.24) is 5.48 Å². The zero-order chi connectivity index (χ0) is 6.53. The Kier molecular flexibility index (Phi) is 3.40. The normalized spacial score (nSPS) is 27.0. The van der Waals surface area contributed by atoms with Crippen LogP contribution in [-0.2, 0) is 0 Å². The second-order valence-electron chi connectivity index (χ2n) is 2.33. The summed E-state index contributed by atoms with van der Waals surface area (Å²) in [4.78, 5) is 0. The van der Waals surface area contributed by atoms with Gasteiger partial charge in [-0.15, -0.1) is 0 Å². The van der Waals surface area contributed by atoms with Crippen molar-refractivity contribution in [1.29, 1.82) is 0 Å². The highest BCUT2D eigenvalue weighted by Crippen LogP contribution is 2.27. The Labute approximate surface area is 60.0 Å². The van der Waals surface area contributed by atoms with Gasteiger partial charge in [0, 0.05) is 11.8 Å². The lowest BCUT2D eigenvalue weighted by molar-refractivity contribution is 0.165. The molecule has 1 atom stereocenters. The molecule has 2 N–H and O–H groups in total. The summed E-state index contributed by atoms with van der Waals surface area (Å²) < 4.78 is 0. The molecule has 54 valence electrons. The fourth-order valence-electron chi connectivity index (χ4n) is 1.10. The Bertz CT molecular complexity index is 73.5. The summed E-state index contributed by atoms with van der Waals surface area (Å²) >= 11 is 2.03. The molecule has 3 heteroatoms. The van der Waals surface area contributed by atoms with E-state index in [0.717, 1.165) is 18.2 Å². The molecule has 0 aromatic carbocycles. The second-order valence-corrected chi connectivity index (χ2v) is 3.74. The summed E-state index contributed by atoms with van der Waals surface area (Å²) in [5.74, 6) is 1.32. The molecule has 0 radical (unpaired) electrons. The minimum Gasteiger partial charge on any atom is -0.317 e. The molecule has 0 spiro atoms. The van der Waals surface area contributed by atoms with E-state index in [9.17, 15) is 0 Å². The first kappa shape index (κ1) is 7.38. The SMILES string of the molecule is ONCCC1CCCS1. The van der Waals surface area contributed by atoms with Crippen LogP contribution in [0.1, 0.15) is 19.3 Å². The van der Waals surface area contributed by atoms with Gasteiger partial charge < -0.3 is 5.21 Å². The van der Waals surface area contributed by atoms with Crippen LogP contribution in [0.15, 0.2) is 0 Å². The molecule has 1 unspecified atom stereocenters. The molecule has 2 nitrogen and oxygen atoms in total. The molecule has 9 heavy (non-hydrogen) atoms. The van der Waals surface area contributed by atoms with Crippen LogP contribution in [-0.4, -0.2) is 22.8 Å². The zero-order valence-corrected chi connectivity index (χ0v) is 6.28. The van der Waals surface area contributed by atoms with E-state index < -0.39 is 0 Å². The van der Waals surface area contributed by atoms with Crippen LogP contribution in [0, 0.1) is 0 Å². The molecule has 1 rings (SSSR count). The largest absolute Gasteiger partial charge is 0.317 e. The lowest BCUT2D eigenvalue weighted by Gasteiger charge is -2.04. The van der Waals surface area contributed by atoms with Crippen molar-refractivity contribution in [2.45, 2.75) is 24.5 Å². The molecule has 1 fully saturated rings. The number of hydrogen-bond donors (Lipinski definition) is 2. The monoisotopic (exact) mass is 147 g/mol. The number of hydrogen-bond acceptors (Lipinski definition) is 3. The van der Waals surface area contributed by atoms with Crippen LogP contribution in [0.25, 0.3) is 0 Å². The topological polar surface area (TPSA) is 32.3 Å². The third-order valence-corrected chi connectivity index (χ3v) is 3.07. The molecule has 0 amide bonds. The van der Waals surface area contributed by atoms with Gasteiger partial charge in [-0.05, 0) is 25.0 Å². The summed E-state index contributed by atoms with van der Waals surface area (Å²) in [5.41, 5.74) is 2.18. The molecule has 1 heterocycles. The van der Waals surface area contributed by atoms with Crippen LogP contribution in [0.3, 0.4) is 0 Å². The summed E-state index contributed by atoms with van der Waals surface area (Å²) in [5, 5.41) is 9.08. The molecular formula is C6H13NOS. The van der Waals surface area contributed by atoms with Crippen molar-refractivity contribution in [3.63, 3.8) is 0 Å². The van der Waals surface area contributed by atoms with Crippen molar-refractivity contribution in [3.05, 3.63) is 0 Å². The molecule has 1 saturated heterocycles. The molecule has 0 aromatic rings. The third-order valence-electron chi connectivity index (χ3n) is 1.60. The third kappa shape index (κ3) is 2.56. The molecule has 0 saturated carbocycles. The van der Waals surface area contributed by atoms with Gasteiger partial charge in [-0.25, -0.2) is 5.48 Å². The highest BCUT2D eigenvalue weighted by atomic mass is 32.2. The van der Waals surface area contributed by atoms with E-state index in [0.29, 0.717) is 0 Å². The first-order valence-electron chi connectivity index (χ1n) is 3.42. The highest BCUT2D eigenvalue weighted by Gasteiger charge is 2.13. The number of thioether (sulfide) groups is 1. The average molecular weight is 147 g/mol.